The lowest BCUT2D eigenvalue weighted by Crippen LogP contribution is -2.38. The molecule has 66 valence electrons. The molecular weight excluding hydrogens is 196 g/mol. The predicted molar refractivity (Wildman–Crippen MR) is 47.8 cm³/mol. The van der Waals surface area contributed by atoms with Gasteiger partial charge < -0.3 is 11.5 Å². The van der Waals surface area contributed by atoms with Crippen molar-refractivity contribution in [3.8, 4) is 0 Å². The summed E-state index contributed by atoms with van der Waals surface area (Å²) in [5, 5.41) is 0. The summed E-state index contributed by atoms with van der Waals surface area (Å²) in [6.07, 6.45) is 1.46. The van der Waals surface area contributed by atoms with Gasteiger partial charge >= 0.3 is 0 Å². The first-order chi connectivity index (χ1) is 5.70. The quantitative estimate of drug-likeness (QED) is 0.641. The second-order valence-corrected chi connectivity index (χ2v) is 4.07. The normalized spacial score (nSPS) is 12.8. The molecule has 1 atom stereocenters. The summed E-state index contributed by atoms with van der Waals surface area (Å²) < 4.78 is 4.60. The van der Waals surface area contributed by atoms with Gasteiger partial charge in [0, 0.05) is 5.75 Å². The van der Waals surface area contributed by atoms with Gasteiger partial charge in [-0.25, -0.2) is 4.98 Å². The SMILES string of the molecule is NC(=O)C(N)CSc1ncns1. The first-order valence-electron chi connectivity index (χ1n) is 3.14. The second-order valence-electron chi connectivity index (χ2n) is 2.03. The van der Waals surface area contributed by atoms with E-state index in [2.05, 4.69) is 9.36 Å². The number of amides is 1. The molecule has 12 heavy (non-hydrogen) atoms. The fourth-order valence-corrected chi connectivity index (χ4v) is 1.90. The van der Waals surface area contributed by atoms with Gasteiger partial charge in [0.05, 0.1) is 6.04 Å². The van der Waals surface area contributed by atoms with Crippen LogP contribution >= 0.6 is 23.3 Å². The van der Waals surface area contributed by atoms with Gasteiger partial charge in [-0.1, -0.05) is 11.8 Å². The molecule has 0 fully saturated rings. The average molecular weight is 204 g/mol. The van der Waals surface area contributed by atoms with Crippen LogP contribution in [0, 0.1) is 0 Å². The molecule has 0 radical (unpaired) electrons. The number of nitrogens with two attached hydrogens (primary N) is 2. The molecule has 0 bridgehead atoms. The minimum Gasteiger partial charge on any atom is -0.368 e. The zero-order valence-corrected chi connectivity index (χ0v) is 7.77. The second kappa shape index (κ2) is 4.39. The number of aromatic nitrogens is 2. The van der Waals surface area contributed by atoms with Crippen molar-refractivity contribution in [3.05, 3.63) is 6.33 Å². The number of carbonyl (C=O) groups is 1. The van der Waals surface area contributed by atoms with E-state index >= 15 is 0 Å². The zero-order valence-electron chi connectivity index (χ0n) is 6.14. The Morgan fingerprint density at radius 1 is 1.83 bits per heavy atom. The molecule has 5 nitrogen and oxygen atoms in total. The molecule has 4 N–H and O–H groups in total. The Hall–Kier alpha value is -0.660. The van der Waals surface area contributed by atoms with Crippen molar-refractivity contribution >= 4 is 29.2 Å². The van der Waals surface area contributed by atoms with Gasteiger partial charge in [-0.05, 0) is 11.5 Å². The Labute approximate surface area is 77.7 Å². The summed E-state index contributed by atoms with van der Waals surface area (Å²) in [5.74, 6) is -0.0446. The lowest BCUT2D eigenvalue weighted by atomic mass is 10.3. The smallest absolute Gasteiger partial charge is 0.235 e. The van der Waals surface area contributed by atoms with Gasteiger partial charge in [0.2, 0.25) is 5.91 Å². The number of hydrogen-bond acceptors (Lipinski definition) is 6. The molecular formula is C5H8N4OS2. The minimum absolute atomic E-state index is 0.449. The van der Waals surface area contributed by atoms with Crippen molar-refractivity contribution in [3.63, 3.8) is 0 Å². The van der Waals surface area contributed by atoms with Crippen molar-refractivity contribution in [1.82, 2.24) is 9.36 Å². The van der Waals surface area contributed by atoms with Crippen molar-refractivity contribution < 1.29 is 4.79 Å². The molecule has 1 rings (SSSR count). The molecule has 1 aromatic heterocycles. The molecule has 0 saturated carbocycles. The molecule has 1 aromatic rings. The van der Waals surface area contributed by atoms with Gasteiger partial charge in [0.1, 0.15) is 6.33 Å². The predicted octanol–water partition coefficient (Wildman–Crippen LogP) is -0.557. The molecule has 0 aromatic carbocycles. The Morgan fingerprint density at radius 2 is 2.58 bits per heavy atom. The van der Waals surface area contributed by atoms with Crippen LogP contribution in [-0.2, 0) is 4.79 Å². The van der Waals surface area contributed by atoms with Gasteiger partial charge in [0.15, 0.2) is 4.34 Å². The summed E-state index contributed by atoms with van der Waals surface area (Å²) in [6, 6.07) is -0.612. The van der Waals surface area contributed by atoms with Gasteiger partial charge in [-0.15, -0.1) is 0 Å². The summed E-state index contributed by atoms with van der Waals surface area (Å²) in [7, 11) is 0. The lowest BCUT2D eigenvalue weighted by molar-refractivity contribution is -0.118. The van der Waals surface area contributed by atoms with Crippen LogP contribution in [0.4, 0.5) is 0 Å². The van der Waals surface area contributed by atoms with Gasteiger partial charge in [0.25, 0.3) is 0 Å². The maximum atomic E-state index is 10.5. The molecule has 1 amide bonds. The summed E-state index contributed by atoms with van der Waals surface area (Å²) in [4.78, 5) is 14.4. The van der Waals surface area contributed by atoms with E-state index in [1.165, 1.54) is 29.6 Å². The van der Waals surface area contributed by atoms with Gasteiger partial charge in [-0.3, -0.25) is 4.79 Å². The highest BCUT2D eigenvalue weighted by molar-refractivity contribution is 8.01. The molecule has 0 aliphatic rings. The van der Waals surface area contributed by atoms with E-state index in [-0.39, 0.29) is 0 Å². The van der Waals surface area contributed by atoms with E-state index in [1.807, 2.05) is 0 Å². The fourth-order valence-electron chi connectivity index (χ4n) is 0.470. The third kappa shape index (κ3) is 2.76. The van der Waals surface area contributed by atoms with Crippen molar-refractivity contribution in [2.24, 2.45) is 11.5 Å². The molecule has 1 unspecified atom stereocenters. The van der Waals surface area contributed by atoms with Crippen LogP contribution in [0.5, 0.6) is 0 Å². The van der Waals surface area contributed by atoms with E-state index in [4.69, 9.17) is 11.5 Å². The number of carbonyl (C=O) groups excluding carboxylic acids is 1. The number of rotatable bonds is 4. The number of thioether (sulfide) groups is 1. The number of hydrogen-bond donors (Lipinski definition) is 2. The average Bonchev–Trinajstić information content (AvgIpc) is 2.51. The van der Waals surface area contributed by atoms with Crippen LogP contribution < -0.4 is 11.5 Å². The Balaban J connectivity index is 2.31. The Bertz CT molecular complexity index is 250. The minimum atomic E-state index is -0.612. The molecule has 7 heteroatoms. The third-order valence-corrected chi connectivity index (χ3v) is 3.01. The van der Waals surface area contributed by atoms with Crippen molar-refractivity contribution in [2.45, 2.75) is 10.4 Å². The molecule has 0 aliphatic carbocycles. The summed E-state index contributed by atoms with van der Waals surface area (Å²) in [5.41, 5.74) is 10.4. The molecule has 0 saturated heterocycles. The van der Waals surface area contributed by atoms with Crippen LogP contribution in [0.3, 0.4) is 0 Å². The van der Waals surface area contributed by atoms with E-state index in [9.17, 15) is 4.79 Å². The lowest BCUT2D eigenvalue weighted by Gasteiger charge is -2.03. The van der Waals surface area contributed by atoms with Gasteiger partial charge in [-0.2, -0.15) is 4.37 Å². The third-order valence-electron chi connectivity index (χ3n) is 1.09. The topological polar surface area (TPSA) is 94.9 Å². The maximum Gasteiger partial charge on any atom is 0.235 e. The van der Waals surface area contributed by atoms with E-state index in [0.717, 1.165) is 4.34 Å². The first-order valence-corrected chi connectivity index (χ1v) is 4.90. The van der Waals surface area contributed by atoms with Crippen LogP contribution in [0.15, 0.2) is 10.7 Å². The number of nitrogens with zero attached hydrogens (tertiary/aromatic N) is 2. The summed E-state index contributed by atoms with van der Waals surface area (Å²) >= 11 is 2.65. The fraction of sp³-hybridized carbons (Fsp3) is 0.400. The van der Waals surface area contributed by atoms with Crippen LogP contribution in [0.1, 0.15) is 0 Å². The first kappa shape index (κ1) is 9.43. The Kier molecular flexibility index (Phi) is 3.45. The highest BCUT2D eigenvalue weighted by atomic mass is 32.2. The van der Waals surface area contributed by atoms with Crippen molar-refractivity contribution in [2.75, 3.05) is 5.75 Å². The highest BCUT2D eigenvalue weighted by Crippen LogP contribution is 2.18. The van der Waals surface area contributed by atoms with E-state index < -0.39 is 11.9 Å². The zero-order chi connectivity index (χ0) is 8.97. The Morgan fingerprint density at radius 3 is 3.08 bits per heavy atom. The molecule has 0 spiro atoms. The molecule has 1 heterocycles. The van der Waals surface area contributed by atoms with Crippen LogP contribution in [0.2, 0.25) is 0 Å². The van der Waals surface area contributed by atoms with Crippen LogP contribution in [0.25, 0.3) is 0 Å². The monoisotopic (exact) mass is 204 g/mol. The standard InChI is InChI=1S/C5H8N4OS2/c6-3(4(7)10)1-11-5-8-2-9-12-5/h2-3H,1,6H2,(H2,7,10). The number of primary amides is 1. The van der Waals surface area contributed by atoms with Crippen LogP contribution in [-0.4, -0.2) is 27.1 Å². The van der Waals surface area contributed by atoms with E-state index in [1.54, 1.807) is 0 Å². The summed E-state index contributed by atoms with van der Waals surface area (Å²) in [6.45, 7) is 0. The van der Waals surface area contributed by atoms with Crippen molar-refractivity contribution in [1.29, 1.82) is 0 Å². The van der Waals surface area contributed by atoms with E-state index in [0.29, 0.717) is 5.75 Å². The highest BCUT2D eigenvalue weighted by Gasteiger charge is 2.10. The maximum absolute atomic E-state index is 10.5. The molecule has 0 aliphatic heterocycles. The largest absolute Gasteiger partial charge is 0.368 e.